The summed E-state index contributed by atoms with van der Waals surface area (Å²) in [5, 5.41) is 5.56. The molecule has 2 aromatic heterocycles. The first-order valence-electron chi connectivity index (χ1n) is 23.7. The van der Waals surface area contributed by atoms with Gasteiger partial charge in [0.25, 0.3) is 5.91 Å². The van der Waals surface area contributed by atoms with E-state index in [2.05, 4.69) is 72.5 Å². The number of carbonyl (C=O) groups excluding carboxylic acids is 5. The van der Waals surface area contributed by atoms with Crippen molar-refractivity contribution in [2.45, 2.75) is 124 Å². The number of fused-ring (bicyclic) bond motifs is 6. The van der Waals surface area contributed by atoms with Crippen LogP contribution >= 0.6 is 0 Å². The Kier molecular flexibility index (Phi) is 14.5. The average Bonchev–Trinajstić information content (AvgIpc) is 3.57. The van der Waals surface area contributed by atoms with E-state index in [-0.39, 0.29) is 44.0 Å². The van der Waals surface area contributed by atoms with E-state index in [1.54, 1.807) is 41.1 Å². The number of hydrazine groups is 1. The molecule has 15 heteroatoms. The molecule has 360 valence electrons. The van der Waals surface area contributed by atoms with E-state index < -0.39 is 58.9 Å². The van der Waals surface area contributed by atoms with E-state index in [4.69, 9.17) is 19.2 Å². The Bertz CT molecular complexity index is 2500. The lowest BCUT2D eigenvalue weighted by Gasteiger charge is -2.42. The van der Waals surface area contributed by atoms with E-state index in [9.17, 15) is 24.0 Å². The second kappa shape index (κ2) is 19.8. The molecule has 3 aliphatic heterocycles. The third-order valence-corrected chi connectivity index (χ3v) is 13.2. The molecule has 5 heterocycles. The lowest BCUT2D eigenvalue weighted by atomic mass is 9.84. The highest BCUT2D eigenvalue weighted by Gasteiger charge is 2.43. The molecule has 4 aromatic rings. The van der Waals surface area contributed by atoms with Crippen LogP contribution in [0.3, 0.4) is 0 Å². The van der Waals surface area contributed by atoms with Crippen LogP contribution in [0.2, 0.25) is 0 Å². The summed E-state index contributed by atoms with van der Waals surface area (Å²) < 4.78 is 19.8. The van der Waals surface area contributed by atoms with Crippen LogP contribution in [0, 0.1) is 17.3 Å². The molecular formula is C52H69N7O8. The number of pyridine rings is 1. The van der Waals surface area contributed by atoms with Gasteiger partial charge in [-0.15, -0.1) is 0 Å². The number of cyclic esters (lactones) is 1. The zero-order valence-electron chi connectivity index (χ0n) is 41.1. The summed E-state index contributed by atoms with van der Waals surface area (Å²) in [5.74, 6) is -2.43. The number of rotatable bonds is 9. The number of aromatic nitrogens is 2. The molecule has 2 saturated heterocycles. The number of amides is 4. The maximum absolute atomic E-state index is 14.7. The van der Waals surface area contributed by atoms with Crippen LogP contribution in [0.1, 0.15) is 98.1 Å². The number of carbonyl (C=O) groups is 5. The molecule has 4 amide bonds. The maximum Gasteiger partial charge on any atom is 0.410 e. The van der Waals surface area contributed by atoms with Gasteiger partial charge in [0.2, 0.25) is 11.8 Å². The van der Waals surface area contributed by atoms with Crippen LogP contribution < -0.4 is 10.7 Å². The van der Waals surface area contributed by atoms with Crippen LogP contribution in [0.15, 0.2) is 60.8 Å². The summed E-state index contributed by atoms with van der Waals surface area (Å²) in [7, 11) is 3.28. The molecule has 0 saturated carbocycles. The highest BCUT2D eigenvalue weighted by Crippen LogP contribution is 2.42. The van der Waals surface area contributed by atoms with Crippen molar-refractivity contribution in [3.63, 3.8) is 0 Å². The van der Waals surface area contributed by atoms with Gasteiger partial charge in [-0.05, 0) is 106 Å². The minimum absolute atomic E-state index is 0.133. The smallest absolute Gasteiger partial charge is 0.410 e. The zero-order valence-corrected chi connectivity index (χ0v) is 41.1. The Morgan fingerprint density at radius 3 is 2.45 bits per heavy atom. The summed E-state index contributed by atoms with van der Waals surface area (Å²) in [6.07, 6.45) is 2.79. The van der Waals surface area contributed by atoms with Gasteiger partial charge in [0.15, 0.2) is 0 Å². The number of benzene rings is 2. The van der Waals surface area contributed by atoms with Crippen molar-refractivity contribution >= 4 is 40.7 Å². The Morgan fingerprint density at radius 1 is 1.03 bits per heavy atom. The number of hydrogen-bond donors (Lipinski definition) is 2. The Hall–Kier alpha value is -5.80. The van der Waals surface area contributed by atoms with Crippen LogP contribution in [0.5, 0.6) is 0 Å². The predicted octanol–water partition coefficient (Wildman–Crippen LogP) is 7.10. The minimum atomic E-state index is -1.06. The van der Waals surface area contributed by atoms with Crippen LogP contribution in [0.4, 0.5) is 4.79 Å². The fourth-order valence-electron chi connectivity index (χ4n) is 9.70. The molecule has 0 unspecified atom stereocenters. The van der Waals surface area contributed by atoms with Gasteiger partial charge < -0.3 is 33.9 Å². The van der Waals surface area contributed by atoms with Gasteiger partial charge in [0.1, 0.15) is 23.7 Å². The van der Waals surface area contributed by atoms with Crippen LogP contribution in [-0.4, -0.2) is 118 Å². The molecule has 2 fully saturated rings. The van der Waals surface area contributed by atoms with Gasteiger partial charge in [-0.1, -0.05) is 58.0 Å². The number of aryl methyl sites for hydroxylation is 1. The van der Waals surface area contributed by atoms with Gasteiger partial charge in [0.05, 0.1) is 30.0 Å². The molecule has 0 spiro atoms. The van der Waals surface area contributed by atoms with E-state index in [1.807, 2.05) is 39.0 Å². The quantitative estimate of drug-likeness (QED) is 0.166. The van der Waals surface area contributed by atoms with Crippen molar-refractivity contribution in [2.24, 2.45) is 17.3 Å². The standard InChI is InChI=1S/C52H69N7O8/c1-12-58-42-21-20-35-26-38(42)39(45(58)37-18-14-22-53-43(37)32(4)65-11)27-52(8,9)30-66-49(63)40-19-15-23-59(55-40)48(62)41(25-33-16-13-17-34(35)24-33)54-46(60)44(31(2)3)56(10)47(61)36-28-57(29-36)50(64)67-51(5,6)7/h13-14,16-18,20-22,24,26,31-32,36,40-41,44,55H,12,15,19,23,25,27-30H2,1-11H3,(H,54,60)/t32-,40-,41-,44-/m0/s1. The topological polar surface area (TPSA) is 165 Å². The third kappa shape index (κ3) is 10.7. The van der Waals surface area contributed by atoms with Gasteiger partial charge in [-0.2, -0.15) is 0 Å². The number of nitrogens with one attached hydrogen (secondary N) is 2. The van der Waals surface area contributed by atoms with Gasteiger partial charge in [-0.25, -0.2) is 10.2 Å². The summed E-state index contributed by atoms with van der Waals surface area (Å²) in [4.78, 5) is 77.4. The second-order valence-corrected chi connectivity index (χ2v) is 20.6. The maximum atomic E-state index is 14.7. The van der Waals surface area contributed by atoms with Crippen LogP contribution in [-0.2, 0) is 52.8 Å². The lowest BCUT2D eigenvalue weighted by molar-refractivity contribution is -0.155. The van der Waals surface area contributed by atoms with E-state index >= 15 is 0 Å². The lowest BCUT2D eigenvalue weighted by Crippen LogP contribution is -2.63. The molecule has 2 N–H and O–H groups in total. The molecule has 6 bridgehead atoms. The van der Waals surface area contributed by atoms with Gasteiger partial charge in [-0.3, -0.25) is 29.2 Å². The Balaban J connectivity index is 1.25. The molecule has 15 nitrogen and oxygen atoms in total. The number of methoxy groups -OCH3 is 1. The van der Waals surface area contributed by atoms with E-state index in [0.717, 1.165) is 50.1 Å². The number of hydrogen-bond acceptors (Lipinski definition) is 10. The first-order chi connectivity index (χ1) is 31.7. The minimum Gasteiger partial charge on any atom is -0.464 e. The largest absolute Gasteiger partial charge is 0.464 e. The fraction of sp³-hybridized carbons (Fsp3) is 0.538. The summed E-state index contributed by atoms with van der Waals surface area (Å²) in [6, 6.07) is 15.8. The normalized spacial score (nSPS) is 20.1. The summed E-state index contributed by atoms with van der Waals surface area (Å²) in [5.41, 5.74) is 9.77. The number of likely N-dealkylation sites (N-methyl/N-ethyl adjacent to an activating group) is 1. The molecule has 2 aromatic carbocycles. The second-order valence-electron chi connectivity index (χ2n) is 20.6. The van der Waals surface area contributed by atoms with Crippen molar-refractivity contribution in [1.82, 2.24) is 35.1 Å². The van der Waals surface area contributed by atoms with Crippen molar-refractivity contribution < 1.29 is 38.2 Å². The predicted molar refractivity (Wildman–Crippen MR) is 256 cm³/mol. The Morgan fingerprint density at radius 2 is 1.76 bits per heavy atom. The molecule has 7 rings (SSSR count). The molecule has 4 atom stereocenters. The number of ether oxygens (including phenoxy) is 3. The molecule has 3 aliphatic rings. The number of esters is 1. The van der Waals surface area contributed by atoms with Crippen molar-refractivity contribution in [3.8, 4) is 22.4 Å². The third-order valence-electron chi connectivity index (χ3n) is 13.2. The molecule has 0 aliphatic carbocycles. The Labute approximate surface area is 394 Å². The van der Waals surface area contributed by atoms with Crippen molar-refractivity contribution in [3.05, 3.63) is 77.6 Å². The first-order valence-corrected chi connectivity index (χ1v) is 23.7. The first kappa shape index (κ1) is 49.1. The highest BCUT2D eigenvalue weighted by molar-refractivity contribution is 5.96. The molecule has 0 radical (unpaired) electrons. The zero-order chi connectivity index (χ0) is 48.5. The number of likely N-dealkylation sites (tertiary alicyclic amines) is 1. The SMILES string of the molecule is CCn1c(-c2cccnc2[C@H](C)OC)c2c3cc(ccc31)-c1cccc(c1)C[C@H](NC(=O)[C@H](C(C)C)N(C)C(=O)C1CN(C(=O)OC(C)(C)C)C1)C(=O)N1CCC[C@H](N1)C(=O)OCC(C)(C)C2. The summed E-state index contributed by atoms with van der Waals surface area (Å²) >= 11 is 0. The molecule has 67 heavy (non-hydrogen) atoms. The van der Waals surface area contributed by atoms with E-state index in [1.165, 1.54) is 14.8 Å². The van der Waals surface area contributed by atoms with E-state index in [0.29, 0.717) is 32.4 Å². The fourth-order valence-corrected chi connectivity index (χ4v) is 9.70. The van der Waals surface area contributed by atoms with Gasteiger partial charge >= 0.3 is 12.1 Å². The van der Waals surface area contributed by atoms with Gasteiger partial charge in [0, 0.05) is 74.8 Å². The monoisotopic (exact) mass is 920 g/mol. The van der Waals surface area contributed by atoms with Crippen molar-refractivity contribution in [2.75, 3.05) is 40.4 Å². The number of nitrogens with zero attached hydrogens (tertiary/aromatic N) is 5. The highest BCUT2D eigenvalue weighted by atomic mass is 16.6. The summed E-state index contributed by atoms with van der Waals surface area (Å²) in [6.45, 7) is 18.9. The average molecular weight is 920 g/mol. The molecular weight excluding hydrogens is 851 g/mol. The van der Waals surface area contributed by atoms with Crippen molar-refractivity contribution in [1.29, 1.82) is 0 Å². The van der Waals surface area contributed by atoms with Crippen LogP contribution in [0.25, 0.3) is 33.3 Å².